The normalized spacial score (nSPS) is 11.1. The van der Waals surface area contributed by atoms with E-state index in [9.17, 15) is 18.4 Å². The third-order valence-electron chi connectivity index (χ3n) is 1.23. The molecule has 0 bridgehead atoms. The summed E-state index contributed by atoms with van der Waals surface area (Å²) in [6, 6.07) is 0. The molecule has 0 aliphatic carbocycles. The maximum atomic E-state index is 12.4. The first kappa shape index (κ1) is 12.8. The Morgan fingerprint density at radius 1 is 1.50 bits per heavy atom. The number of hydrogen-bond donors (Lipinski definition) is 2. The first-order valence-electron chi connectivity index (χ1n) is 3.87. The van der Waals surface area contributed by atoms with E-state index in [-0.39, 0.29) is 6.61 Å². The van der Waals surface area contributed by atoms with E-state index in [2.05, 4.69) is 4.74 Å². The van der Waals surface area contributed by atoms with Crippen molar-refractivity contribution in [2.24, 2.45) is 0 Å². The second kappa shape index (κ2) is 5.48. The third-order valence-corrected chi connectivity index (χ3v) is 1.23. The van der Waals surface area contributed by atoms with Gasteiger partial charge in [-0.2, -0.15) is 8.78 Å². The summed E-state index contributed by atoms with van der Waals surface area (Å²) >= 11 is 0. The number of rotatable bonds is 6. The molecular weight excluding hydrogens is 200 g/mol. The summed E-state index contributed by atoms with van der Waals surface area (Å²) in [4.78, 5) is 20.5. The van der Waals surface area contributed by atoms with Crippen LogP contribution in [0.5, 0.6) is 0 Å². The molecule has 0 saturated heterocycles. The third kappa shape index (κ3) is 4.70. The number of carboxylic acids is 1. The minimum absolute atomic E-state index is 0.149. The van der Waals surface area contributed by atoms with Crippen molar-refractivity contribution in [2.75, 3.05) is 19.7 Å². The molecule has 0 aromatic carbocycles. The molecule has 0 saturated carbocycles. The molecule has 0 unspecified atom stereocenters. The van der Waals surface area contributed by atoms with Gasteiger partial charge in [-0.1, -0.05) is 0 Å². The van der Waals surface area contributed by atoms with Crippen molar-refractivity contribution in [3.63, 3.8) is 0 Å². The highest BCUT2D eigenvalue weighted by atomic mass is 19.3. The number of halogens is 2. The SMILES string of the molecule is CCOC(=O)CNCC(F)(F)C(=O)O. The monoisotopic (exact) mass is 211 g/mol. The smallest absolute Gasteiger partial charge is 0.375 e. The highest BCUT2D eigenvalue weighted by Crippen LogP contribution is 2.11. The highest BCUT2D eigenvalue weighted by molar-refractivity contribution is 5.76. The van der Waals surface area contributed by atoms with Gasteiger partial charge < -0.3 is 15.2 Å². The van der Waals surface area contributed by atoms with E-state index >= 15 is 0 Å². The Kier molecular flexibility index (Phi) is 5.00. The summed E-state index contributed by atoms with van der Waals surface area (Å²) in [5, 5.41) is 9.99. The summed E-state index contributed by atoms with van der Waals surface area (Å²) in [5.74, 6) is -6.80. The lowest BCUT2D eigenvalue weighted by Crippen LogP contribution is -2.41. The zero-order chi connectivity index (χ0) is 11.2. The Morgan fingerprint density at radius 2 is 2.07 bits per heavy atom. The fraction of sp³-hybridized carbons (Fsp3) is 0.714. The van der Waals surface area contributed by atoms with E-state index in [1.807, 2.05) is 5.32 Å². The minimum atomic E-state index is -3.87. The molecule has 0 aliphatic heterocycles. The molecule has 0 amide bonds. The second-order valence-corrected chi connectivity index (χ2v) is 2.42. The highest BCUT2D eigenvalue weighted by Gasteiger charge is 2.38. The number of esters is 1. The predicted octanol–water partition coefficient (Wildman–Crippen LogP) is -0.141. The van der Waals surface area contributed by atoms with Gasteiger partial charge >= 0.3 is 17.9 Å². The fourth-order valence-corrected chi connectivity index (χ4v) is 0.609. The molecule has 0 spiro atoms. The summed E-state index contributed by atoms with van der Waals surface area (Å²) in [5.41, 5.74) is 0. The molecule has 0 aliphatic rings. The van der Waals surface area contributed by atoms with Crippen molar-refractivity contribution >= 4 is 11.9 Å². The molecule has 0 radical (unpaired) electrons. The van der Waals surface area contributed by atoms with Crippen LogP contribution in [0.4, 0.5) is 8.78 Å². The molecule has 0 rings (SSSR count). The van der Waals surface area contributed by atoms with Crippen LogP contribution in [0.2, 0.25) is 0 Å². The van der Waals surface area contributed by atoms with Crippen molar-refractivity contribution in [1.82, 2.24) is 5.32 Å². The summed E-state index contributed by atoms with van der Waals surface area (Å²) in [6.07, 6.45) is 0. The van der Waals surface area contributed by atoms with Gasteiger partial charge in [0, 0.05) is 0 Å². The molecule has 5 nitrogen and oxygen atoms in total. The van der Waals surface area contributed by atoms with Gasteiger partial charge in [-0.05, 0) is 6.92 Å². The van der Waals surface area contributed by atoms with Crippen LogP contribution >= 0.6 is 0 Å². The first-order chi connectivity index (χ1) is 6.40. The van der Waals surface area contributed by atoms with E-state index in [1.165, 1.54) is 0 Å². The summed E-state index contributed by atoms with van der Waals surface area (Å²) in [6.45, 7) is 0.192. The first-order valence-corrected chi connectivity index (χ1v) is 3.87. The van der Waals surface area contributed by atoms with Crippen LogP contribution in [-0.4, -0.2) is 42.7 Å². The number of alkyl halides is 2. The zero-order valence-corrected chi connectivity index (χ0v) is 7.55. The van der Waals surface area contributed by atoms with Crippen LogP contribution in [0.15, 0.2) is 0 Å². The van der Waals surface area contributed by atoms with Crippen LogP contribution in [0.3, 0.4) is 0 Å². The maximum absolute atomic E-state index is 12.4. The van der Waals surface area contributed by atoms with Crippen molar-refractivity contribution in [3.05, 3.63) is 0 Å². The minimum Gasteiger partial charge on any atom is -0.477 e. The van der Waals surface area contributed by atoms with Gasteiger partial charge in [0.2, 0.25) is 0 Å². The predicted molar refractivity (Wildman–Crippen MR) is 42.1 cm³/mol. The second-order valence-electron chi connectivity index (χ2n) is 2.42. The van der Waals surface area contributed by atoms with Gasteiger partial charge in [0.15, 0.2) is 0 Å². The van der Waals surface area contributed by atoms with Gasteiger partial charge in [0.25, 0.3) is 0 Å². The number of hydrogen-bond acceptors (Lipinski definition) is 4. The van der Waals surface area contributed by atoms with Crippen LogP contribution in [0.1, 0.15) is 6.92 Å². The number of carbonyl (C=O) groups excluding carboxylic acids is 1. The molecule has 7 heteroatoms. The molecule has 0 heterocycles. The Morgan fingerprint density at radius 3 is 2.50 bits per heavy atom. The molecule has 0 fully saturated rings. The number of carboxylic acid groups (broad SMARTS) is 1. The average Bonchev–Trinajstić information content (AvgIpc) is 2.04. The van der Waals surface area contributed by atoms with Crippen molar-refractivity contribution in [1.29, 1.82) is 0 Å². The van der Waals surface area contributed by atoms with Crippen molar-refractivity contribution in [3.8, 4) is 0 Å². The number of aliphatic carboxylic acids is 1. The van der Waals surface area contributed by atoms with Crippen LogP contribution < -0.4 is 5.32 Å². The lowest BCUT2D eigenvalue weighted by atomic mass is 10.3. The lowest BCUT2D eigenvalue weighted by Gasteiger charge is -2.11. The number of ether oxygens (including phenoxy) is 1. The Labute approximate surface area is 79.0 Å². The molecule has 0 aromatic heterocycles. The average molecular weight is 211 g/mol. The standard InChI is InChI=1S/C7H11F2NO4/c1-2-14-5(11)3-10-4-7(8,9)6(12)13/h10H,2-4H2,1H3,(H,12,13). The fourth-order valence-electron chi connectivity index (χ4n) is 0.609. The largest absolute Gasteiger partial charge is 0.477 e. The van der Waals surface area contributed by atoms with Crippen molar-refractivity contribution in [2.45, 2.75) is 12.8 Å². The number of carbonyl (C=O) groups is 2. The summed E-state index contributed by atoms with van der Waals surface area (Å²) in [7, 11) is 0. The summed E-state index contributed by atoms with van der Waals surface area (Å²) < 4.78 is 29.2. The van der Waals surface area contributed by atoms with Gasteiger partial charge in [-0.15, -0.1) is 0 Å². The molecule has 2 N–H and O–H groups in total. The van der Waals surface area contributed by atoms with E-state index in [1.54, 1.807) is 6.92 Å². The van der Waals surface area contributed by atoms with E-state index in [4.69, 9.17) is 5.11 Å². The van der Waals surface area contributed by atoms with Crippen LogP contribution in [0.25, 0.3) is 0 Å². The molecule has 0 atom stereocenters. The molecule has 82 valence electrons. The maximum Gasteiger partial charge on any atom is 0.375 e. The molecular formula is C7H11F2NO4. The zero-order valence-electron chi connectivity index (χ0n) is 7.55. The van der Waals surface area contributed by atoms with E-state index in [0.29, 0.717) is 0 Å². The molecule has 0 aromatic rings. The Hall–Kier alpha value is -1.24. The van der Waals surface area contributed by atoms with Gasteiger partial charge in [-0.3, -0.25) is 4.79 Å². The van der Waals surface area contributed by atoms with Gasteiger partial charge in [0.1, 0.15) is 0 Å². The van der Waals surface area contributed by atoms with Crippen molar-refractivity contribution < 1.29 is 28.2 Å². The topological polar surface area (TPSA) is 75.6 Å². The Balaban J connectivity index is 3.74. The lowest BCUT2D eigenvalue weighted by molar-refractivity contribution is -0.164. The molecule has 14 heavy (non-hydrogen) atoms. The van der Waals surface area contributed by atoms with Gasteiger partial charge in [0.05, 0.1) is 19.7 Å². The van der Waals surface area contributed by atoms with E-state index < -0.39 is 31.0 Å². The van der Waals surface area contributed by atoms with Crippen LogP contribution in [0, 0.1) is 0 Å². The quantitative estimate of drug-likeness (QED) is 0.598. The van der Waals surface area contributed by atoms with Gasteiger partial charge in [-0.25, -0.2) is 4.79 Å². The Bertz CT molecular complexity index is 220. The van der Waals surface area contributed by atoms with Crippen LogP contribution in [-0.2, 0) is 14.3 Å². The number of nitrogens with one attached hydrogen (secondary N) is 1. The van der Waals surface area contributed by atoms with E-state index in [0.717, 1.165) is 0 Å².